The van der Waals surface area contributed by atoms with Crippen LogP contribution in [0.15, 0.2) is 0 Å². The number of ketones is 1. The van der Waals surface area contributed by atoms with E-state index in [0.717, 1.165) is 12.8 Å². The van der Waals surface area contributed by atoms with Crippen LogP contribution in [0.25, 0.3) is 0 Å². The summed E-state index contributed by atoms with van der Waals surface area (Å²) < 4.78 is 0. The second-order valence-corrected chi connectivity index (χ2v) is 8.36. The van der Waals surface area contributed by atoms with E-state index in [2.05, 4.69) is 27.7 Å². The fraction of sp³-hybridized carbons (Fsp3) is 0.941. The van der Waals surface area contributed by atoms with E-state index in [4.69, 9.17) is 0 Å². The van der Waals surface area contributed by atoms with Gasteiger partial charge >= 0.3 is 0 Å². The van der Waals surface area contributed by atoms with Crippen molar-refractivity contribution in [2.75, 3.05) is 0 Å². The molecular formula is C17H28O2. The summed E-state index contributed by atoms with van der Waals surface area (Å²) in [6.07, 6.45) is 4.16. The van der Waals surface area contributed by atoms with Crippen LogP contribution in [0, 0.1) is 34.0 Å². The average Bonchev–Trinajstić information content (AvgIpc) is 2.61. The molecule has 4 fully saturated rings. The number of hydrogen-bond donors (Lipinski definition) is 1. The summed E-state index contributed by atoms with van der Waals surface area (Å²) in [4.78, 5) is 12.2. The normalized spacial score (nSPS) is 55.1. The molecule has 4 aliphatic carbocycles. The second kappa shape index (κ2) is 3.63. The van der Waals surface area contributed by atoms with Gasteiger partial charge in [0.15, 0.2) is 0 Å². The van der Waals surface area contributed by atoms with Gasteiger partial charge in [0.05, 0.1) is 6.10 Å². The summed E-state index contributed by atoms with van der Waals surface area (Å²) in [6.45, 7) is 10.9. The van der Waals surface area contributed by atoms with Crippen LogP contribution >= 0.6 is 0 Å². The monoisotopic (exact) mass is 264 g/mol. The van der Waals surface area contributed by atoms with Gasteiger partial charge in [-0.3, -0.25) is 4.79 Å². The van der Waals surface area contributed by atoms with Gasteiger partial charge in [-0.15, -0.1) is 0 Å². The van der Waals surface area contributed by atoms with Crippen molar-refractivity contribution in [3.63, 3.8) is 0 Å². The van der Waals surface area contributed by atoms with E-state index < -0.39 is 0 Å². The third kappa shape index (κ3) is 1.30. The molecule has 4 saturated carbocycles. The smallest absolute Gasteiger partial charge is 0.133 e. The molecule has 2 nitrogen and oxygen atoms in total. The number of aliphatic hydroxyl groups is 1. The Bertz CT molecular complexity index is 427. The lowest BCUT2D eigenvalue weighted by atomic mass is 9.35. The molecule has 0 aromatic heterocycles. The first-order valence-corrected chi connectivity index (χ1v) is 7.86. The van der Waals surface area contributed by atoms with Gasteiger partial charge in [0, 0.05) is 11.3 Å². The molecule has 6 atom stereocenters. The Morgan fingerprint density at radius 2 is 1.79 bits per heavy atom. The van der Waals surface area contributed by atoms with Crippen LogP contribution in [0.2, 0.25) is 0 Å². The van der Waals surface area contributed by atoms with Crippen LogP contribution in [0.4, 0.5) is 0 Å². The first-order chi connectivity index (χ1) is 8.68. The highest BCUT2D eigenvalue weighted by Crippen LogP contribution is 2.75. The zero-order valence-electron chi connectivity index (χ0n) is 13.0. The highest BCUT2D eigenvalue weighted by atomic mass is 16.3. The highest BCUT2D eigenvalue weighted by molar-refractivity contribution is 5.80. The minimum absolute atomic E-state index is 0.0445. The Balaban J connectivity index is 2.18. The maximum atomic E-state index is 12.2. The van der Waals surface area contributed by atoms with E-state index in [-0.39, 0.29) is 34.1 Å². The fourth-order valence-corrected chi connectivity index (χ4v) is 6.40. The van der Waals surface area contributed by atoms with E-state index in [1.807, 2.05) is 0 Å². The molecular weight excluding hydrogens is 236 g/mol. The van der Waals surface area contributed by atoms with Crippen molar-refractivity contribution in [2.24, 2.45) is 34.0 Å². The number of fused-ring (bicyclic) bond motifs is 2. The van der Waals surface area contributed by atoms with Crippen molar-refractivity contribution >= 4 is 5.78 Å². The SMILES string of the molecule is CC(=O)C1CC23CC(O)C1(C)C(C)(C)C2CCC3C. The van der Waals surface area contributed by atoms with Gasteiger partial charge < -0.3 is 5.11 Å². The highest BCUT2D eigenvalue weighted by Gasteiger charge is 2.72. The molecule has 1 spiro atoms. The van der Waals surface area contributed by atoms with Crippen LogP contribution < -0.4 is 0 Å². The summed E-state index contributed by atoms with van der Waals surface area (Å²) >= 11 is 0. The van der Waals surface area contributed by atoms with Gasteiger partial charge in [-0.1, -0.05) is 27.7 Å². The zero-order valence-corrected chi connectivity index (χ0v) is 13.0. The fourth-order valence-electron chi connectivity index (χ4n) is 6.40. The van der Waals surface area contributed by atoms with Crippen LogP contribution in [0.1, 0.15) is 60.3 Å². The van der Waals surface area contributed by atoms with Gasteiger partial charge in [-0.25, -0.2) is 0 Å². The number of rotatable bonds is 1. The van der Waals surface area contributed by atoms with E-state index in [1.54, 1.807) is 6.92 Å². The van der Waals surface area contributed by atoms with E-state index in [9.17, 15) is 9.90 Å². The summed E-state index contributed by atoms with van der Waals surface area (Å²) in [5, 5.41) is 10.8. The molecule has 4 rings (SSSR count). The van der Waals surface area contributed by atoms with Crippen LogP contribution in [0.3, 0.4) is 0 Å². The second-order valence-electron chi connectivity index (χ2n) is 8.36. The number of aliphatic hydroxyl groups excluding tert-OH is 1. The van der Waals surface area contributed by atoms with Gasteiger partial charge in [0.2, 0.25) is 0 Å². The molecule has 6 unspecified atom stereocenters. The molecule has 0 radical (unpaired) electrons. The third-order valence-electron chi connectivity index (χ3n) is 7.89. The van der Waals surface area contributed by atoms with Crippen molar-refractivity contribution in [1.82, 2.24) is 0 Å². The van der Waals surface area contributed by atoms with Crippen molar-refractivity contribution in [3.05, 3.63) is 0 Å². The lowest BCUT2D eigenvalue weighted by Gasteiger charge is -2.69. The molecule has 0 saturated heterocycles. The average molecular weight is 264 g/mol. The lowest BCUT2D eigenvalue weighted by Crippen LogP contribution is -2.68. The molecule has 19 heavy (non-hydrogen) atoms. The lowest BCUT2D eigenvalue weighted by molar-refractivity contribution is -0.249. The Hall–Kier alpha value is -0.370. The minimum Gasteiger partial charge on any atom is -0.392 e. The predicted octanol–water partition coefficient (Wildman–Crippen LogP) is 3.42. The Kier molecular flexibility index (Phi) is 2.60. The van der Waals surface area contributed by atoms with E-state index in [1.165, 1.54) is 12.8 Å². The molecule has 108 valence electrons. The van der Waals surface area contributed by atoms with Gasteiger partial charge in [0.25, 0.3) is 0 Å². The van der Waals surface area contributed by atoms with Crippen molar-refractivity contribution in [2.45, 2.75) is 66.4 Å². The maximum Gasteiger partial charge on any atom is 0.133 e. The molecule has 2 bridgehead atoms. The molecule has 0 aliphatic heterocycles. The Morgan fingerprint density at radius 1 is 1.16 bits per heavy atom. The molecule has 0 aromatic carbocycles. The first kappa shape index (κ1) is 13.6. The quantitative estimate of drug-likeness (QED) is 0.788. The number of carbonyl (C=O) groups is 1. The topological polar surface area (TPSA) is 37.3 Å². The van der Waals surface area contributed by atoms with Gasteiger partial charge in [0.1, 0.15) is 5.78 Å². The largest absolute Gasteiger partial charge is 0.392 e. The van der Waals surface area contributed by atoms with Gasteiger partial charge in [-0.05, 0) is 55.3 Å². The summed E-state index contributed by atoms with van der Waals surface area (Å²) in [5.74, 6) is 1.66. The zero-order chi connectivity index (χ0) is 14.2. The summed E-state index contributed by atoms with van der Waals surface area (Å²) in [6, 6.07) is 0. The van der Waals surface area contributed by atoms with Gasteiger partial charge in [-0.2, -0.15) is 0 Å². The van der Waals surface area contributed by atoms with Crippen molar-refractivity contribution < 1.29 is 9.90 Å². The summed E-state index contributed by atoms with van der Waals surface area (Å²) in [5.41, 5.74) is 0.0380. The molecule has 2 heteroatoms. The maximum absolute atomic E-state index is 12.2. The minimum atomic E-state index is -0.318. The third-order valence-corrected chi connectivity index (χ3v) is 7.89. The van der Waals surface area contributed by atoms with Crippen LogP contribution in [0.5, 0.6) is 0 Å². The first-order valence-electron chi connectivity index (χ1n) is 7.86. The molecule has 0 amide bonds. The predicted molar refractivity (Wildman–Crippen MR) is 75.6 cm³/mol. The Morgan fingerprint density at radius 3 is 2.37 bits per heavy atom. The van der Waals surface area contributed by atoms with Crippen molar-refractivity contribution in [3.8, 4) is 0 Å². The van der Waals surface area contributed by atoms with Crippen molar-refractivity contribution in [1.29, 1.82) is 0 Å². The molecule has 0 heterocycles. The van der Waals surface area contributed by atoms with E-state index >= 15 is 0 Å². The standard InChI is InChI=1S/C17H28O2/c1-10-6-7-13-15(3,4)16(5)12(11(2)18)8-17(10,13)9-14(16)19/h10,12-14,19H,6-9H2,1-5H3. The van der Waals surface area contributed by atoms with Crippen LogP contribution in [-0.4, -0.2) is 17.0 Å². The number of carbonyl (C=O) groups excluding carboxylic acids is 1. The number of Topliss-reactive ketones (excluding diaryl/α,β-unsaturated/α-hetero) is 1. The number of hydrogen-bond acceptors (Lipinski definition) is 2. The summed E-state index contributed by atoms with van der Waals surface area (Å²) in [7, 11) is 0. The Labute approximate surface area is 117 Å². The molecule has 0 aromatic rings. The van der Waals surface area contributed by atoms with E-state index in [0.29, 0.717) is 11.8 Å². The molecule has 1 N–H and O–H groups in total. The molecule has 4 aliphatic rings. The van der Waals surface area contributed by atoms with Crippen LogP contribution in [-0.2, 0) is 4.79 Å².